The molecule has 2 aromatic carbocycles. The van der Waals surface area contributed by atoms with Crippen LogP contribution in [0.1, 0.15) is 18.5 Å². The minimum atomic E-state index is -0.236. The first kappa shape index (κ1) is 17.1. The quantitative estimate of drug-likeness (QED) is 0.513. The van der Waals surface area contributed by atoms with Gasteiger partial charge < -0.3 is 4.90 Å². The van der Waals surface area contributed by atoms with Crippen LogP contribution in [0.3, 0.4) is 0 Å². The van der Waals surface area contributed by atoms with E-state index in [1.807, 2.05) is 55.6 Å². The first-order valence-corrected chi connectivity index (χ1v) is 8.79. The molecule has 2 aromatic heterocycles. The number of hydrogen-bond acceptors (Lipinski definition) is 4. The monoisotopic (exact) mass is 358 g/mol. The van der Waals surface area contributed by atoms with Gasteiger partial charge >= 0.3 is 0 Å². The smallest absolute Gasteiger partial charge is 0.163 e. The van der Waals surface area contributed by atoms with Gasteiger partial charge in [0.15, 0.2) is 5.82 Å². The van der Waals surface area contributed by atoms with Crippen molar-refractivity contribution in [3.05, 3.63) is 84.4 Å². The maximum atomic E-state index is 13.3. The molecule has 0 amide bonds. The highest BCUT2D eigenvalue weighted by atomic mass is 19.1. The summed E-state index contributed by atoms with van der Waals surface area (Å²) in [6.45, 7) is 2.08. The van der Waals surface area contributed by atoms with Crippen LogP contribution < -0.4 is 4.90 Å². The molecule has 27 heavy (non-hydrogen) atoms. The number of hydrogen-bond donors (Lipinski definition) is 0. The summed E-state index contributed by atoms with van der Waals surface area (Å²) in [6.07, 6.45) is 3.49. The van der Waals surface area contributed by atoms with Gasteiger partial charge in [-0.15, -0.1) is 0 Å². The van der Waals surface area contributed by atoms with E-state index in [2.05, 4.69) is 16.8 Å². The van der Waals surface area contributed by atoms with Crippen molar-refractivity contribution in [1.82, 2.24) is 15.0 Å². The van der Waals surface area contributed by atoms with Crippen LogP contribution >= 0.6 is 0 Å². The Kier molecular flexibility index (Phi) is 4.50. The highest BCUT2D eigenvalue weighted by molar-refractivity contribution is 5.91. The number of pyridine rings is 1. The number of anilines is 1. The van der Waals surface area contributed by atoms with Gasteiger partial charge in [-0.05, 0) is 48.9 Å². The van der Waals surface area contributed by atoms with Crippen LogP contribution in [-0.4, -0.2) is 22.0 Å². The van der Waals surface area contributed by atoms with Gasteiger partial charge in [0.25, 0.3) is 0 Å². The third kappa shape index (κ3) is 3.36. The molecule has 5 heteroatoms. The number of benzene rings is 2. The SMILES string of the molecule is CC(c1ccc(F)cc1)N(C)c1nc(-c2cccnc2)nc2ccccc12. The molecule has 0 saturated carbocycles. The molecule has 0 N–H and O–H groups in total. The molecular weight excluding hydrogens is 339 g/mol. The lowest BCUT2D eigenvalue weighted by Gasteiger charge is -2.27. The minimum Gasteiger partial charge on any atom is -0.352 e. The molecule has 134 valence electrons. The van der Waals surface area contributed by atoms with E-state index in [1.54, 1.807) is 12.4 Å². The largest absolute Gasteiger partial charge is 0.352 e. The molecule has 0 saturated heterocycles. The summed E-state index contributed by atoms with van der Waals surface area (Å²) in [5, 5.41) is 0.974. The molecule has 4 nitrogen and oxygen atoms in total. The highest BCUT2D eigenvalue weighted by Crippen LogP contribution is 2.31. The Morgan fingerprint density at radius 1 is 0.926 bits per heavy atom. The Balaban J connectivity index is 1.83. The molecule has 0 spiro atoms. The summed E-state index contributed by atoms with van der Waals surface area (Å²) in [5.74, 6) is 1.23. The van der Waals surface area contributed by atoms with Crippen LogP contribution in [0.15, 0.2) is 73.1 Å². The van der Waals surface area contributed by atoms with Crippen molar-refractivity contribution in [2.24, 2.45) is 0 Å². The third-order valence-corrected chi connectivity index (χ3v) is 4.77. The Morgan fingerprint density at radius 3 is 2.44 bits per heavy atom. The Labute approximate surface area is 157 Å². The van der Waals surface area contributed by atoms with E-state index in [0.717, 1.165) is 27.8 Å². The van der Waals surface area contributed by atoms with Crippen LogP contribution in [0.2, 0.25) is 0 Å². The fourth-order valence-corrected chi connectivity index (χ4v) is 3.10. The minimum absolute atomic E-state index is 0.0191. The molecule has 4 rings (SSSR count). The van der Waals surface area contributed by atoms with Crippen LogP contribution in [-0.2, 0) is 0 Å². The molecule has 0 bridgehead atoms. The number of rotatable bonds is 4. The summed E-state index contributed by atoms with van der Waals surface area (Å²) < 4.78 is 13.3. The molecule has 4 aromatic rings. The van der Waals surface area contributed by atoms with E-state index in [0.29, 0.717) is 5.82 Å². The second kappa shape index (κ2) is 7.11. The first-order valence-electron chi connectivity index (χ1n) is 8.79. The Bertz CT molecular complexity index is 1060. The molecule has 0 aliphatic rings. The summed E-state index contributed by atoms with van der Waals surface area (Å²) in [5.41, 5.74) is 2.76. The number of fused-ring (bicyclic) bond motifs is 1. The van der Waals surface area contributed by atoms with Crippen molar-refractivity contribution in [1.29, 1.82) is 0 Å². The maximum Gasteiger partial charge on any atom is 0.163 e. The summed E-state index contributed by atoms with van der Waals surface area (Å²) >= 11 is 0. The van der Waals surface area contributed by atoms with Crippen LogP contribution in [0, 0.1) is 5.82 Å². The average molecular weight is 358 g/mol. The molecule has 0 aliphatic carbocycles. The molecule has 0 fully saturated rings. The van der Waals surface area contributed by atoms with Gasteiger partial charge in [-0.3, -0.25) is 4.98 Å². The normalized spacial score (nSPS) is 12.1. The van der Waals surface area contributed by atoms with Crippen LogP contribution in [0.25, 0.3) is 22.3 Å². The van der Waals surface area contributed by atoms with Gasteiger partial charge in [-0.25, -0.2) is 14.4 Å². The van der Waals surface area contributed by atoms with Gasteiger partial charge in [0.2, 0.25) is 0 Å². The summed E-state index contributed by atoms with van der Waals surface area (Å²) in [7, 11) is 2.00. The lowest BCUT2D eigenvalue weighted by molar-refractivity contribution is 0.625. The van der Waals surface area contributed by atoms with E-state index in [9.17, 15) is 4.39 Å². The van der Waals surface area contributed by atoms with E-state index >= 15 is 0 Å². The number of nitrogens with zero attached hydrogens (tertiary/aromatic N) is 4. The van der Waals surface area contributed by atoms with Gasteiger partial charge in [0.1, 0.15) is 11.6 Å². The van der Waals surface area contributed by atoms with E-state index in [1.165, 1.54) is 12.1 Å². The molecule has 0 radical (unpaired) electrons. The number of para-hydroxylation sites is 1. The van der Waals surface area contributed by atoms with Crippen LogP contribution in [0.5, 0.6) is 0 Å². The first-order chi connectivity index (χ1) is 13.1. The van der Waals surface area contributed by atoms with Gasteiger partial charge in [0.05, 0.1) is 11.6 Å². The summed E-state index contributed by atoms with van der Waals surface area (Å²) in [6, 6.07) is 18.4. The maximum absolute atomic E-state index is 13.3. The van der Waals surface area contributed by atoms with Crippen molar-refractivity contribution in [3.8, 4) is 11.4 Å². The Hall–Kier alpha value is -3.34. The zero-order valence-electron chi connectivity index (χ0n) is 15.2. The van der Waals surface area contributed by atoms with E-state index in [4.69, 9.17) is 9.97 Å². The third-order valence-electron chi connectivity index (χ3n) is 4.77. The van der Waals surface area contributed by atoms with Crippen LogP contribution in [0.4, 0.5) is 10.2 Å². The standard InChI is InChI=1S/C22H19FN4/c1-15(16-9-11-18(23)12-10-16)27(2)22-19-7-3-4-8-20(19)25-21(26-22)17-6-5-13-24-14-17/h3-15H,1-2H3. The second-order valence-electron chi connectivity index (χ2n) is 6.47. The van der Waals surface area contributed by atoms with Gasteiger partial charge in [0, 0.05) is 30.4 Å². The van der Waals surface area contributed by atoms with Crippen molar-refractivity contribution in [2.45, 2.75) is 13.0 Å². The highest BCUT2D eigenvalue weighted by Gasteiger charge is 2.18. The zero-order chi connectivity index (χ0) is 18.8. The summed E-state index contributed by atoms with van der Waals surface area (Å²) in [4.78, 5) is 15.8. The van der Waals surface area contributed by atoms with Crippen molar-refractivity contribution < 1.29 is 4.39 Å². The molecule has 1 unspecified atom stereocenters. The lowest BCUT2D eigenvalue weighted by atomic mass is 10.1. The topological polar surface area (TPSA) is 41.9 Å². The molecular formula is C22H19FN4. The predicted octanol–water partition coefficient (Wildman–Crippen LogP) is 5.03. The predicted molar refractivity (Wildman–Crippen MR) is 106 cm³/mol. The fourth-order valence-electron chi connectivity index (χ4n) is 3.10. The molecule has 0 aliphatic heterocycles. The van der Waals surface area contributed by atoms with Crippen molar-refractivity contribution in [3.63, 3.8) is 0 Å². The van der Waals surface area contributed by atoms with E-state index < -0.39 is 0 Å². The molecule has 2 heterocycles. The fraction of sp³-hybridized carbons (Fsp3) is 0.136. The van der Waals surface area contributed by atoms with Crippen molar-refractivity contribution >= 4 is 16.7 Å². The Morgan fingerprint density at radius 2 is 1.70 bits per heavy atom. The molecule has 1 atom stereocenters. The lowest BCUT2D eigenvalue weighted by Crippen LogP contribution is -2.23. The average Bonchev–Trinajstić information content (AvgIpc) is 2.73. The van der Waals surface area contributed by atoms with Crippen molar-refractivity contribution in [2.75, 3.05) is 11.9 Å². The number of aromatic nitrogens is 3. The van der Waals surface area contributed by atoms with Gasteiger partial charge in [-0.1, -0.05) is 24.3 Å². The second-order valence-corrected chi connectivity index (χ2v) is 6.47. The zero-order valence-corrected chi connectivity index (χ0v) is 15.2. The number of halogens is 1. The van der Waals surface area contributed by atoms with Gasteiger partial charge in [-0.2, -0.15) is 0 Å². The van der Waals surface area contributed by atoms with E-state index in [-0.39, 0.29) is 11.9 Å².